The summed E-state index contributed by atoms with van der Waals surface area (Å²) in [4.78, 5) is 11.5. The number of hydrogen-bond acceptors (Lipinski definition) is 3. The third-order valence-corrected chi connectivity index (χ3v) is 3.02. The molecule has 0 aromatic carbocycles. The molecule has 2 fully saturated rings. The molecule has 0 aromatic heterocycles. The average Bonchev–Trinajstić information content (AvgIpc) is 3.01. The molecular weight excluding hydrogens is 230 g/mol. The summed E-state index contributed by atoms with van der Waals surface area (Å²) in [5.74, 6) is -2.43. The Morgan fingerprint density at radius 2 is 2.24 bits per heavy atom. The van der Waals surface area contributed by atoms with Gasteiger partial charge in [-0.05, 0) is 18.8 Å². The van der Waals surface area contributed by atoms with Gasteiger partial charge in [-0.2, -0.15) is 0 Å². The van der Waals surface area contributed by atoms with Gasteiger partial charge in [-0.15, -0.1) is 0 Å². The molecule has 2 rings (SSSR count). The molecule has 1 atom stereocenters. The van der Waals surface area contributed by atoms with Crippen LogP contribution in [-0.2, 0) is 9.53 Å². The molecule has 1 heterocycles. The first-order chi connectivity index (χ1) is 8.07. The highest BCUT2D eigenvalue weighted by molar-refractivity contribution is 5.82. The first-order valence-electron chi connectivity index (χ1n) is 6.03. The van der Waals surface area contributed by atoms with E-state index in [1.165, 1.54) is 12.8 Å². The molecule has 1 saturated carbocycles. The molecule has 6 heteroatoms. The highest BCUT2D eigenvalue weighted by Crippen LogP contribution is 2.28. The first kappa shape index (κ1) is 12.7. The maximum Gasteiger partial charge on any atom is 0.262 e. The van der Waals surface area contributed by atoms with Crippen LogP contribution in [0, 0.1) is 5.92 Å². The standard InChI is InChI=1S/C11H18F2N2O2/c12-11(13)5-9(15-7-11)10(16)14-3-4-17-6-8-1-2-8/h8-9,15H,1-7H2,(H,14,16). The highest BCUT2D eigenvalue weighted by Gasteiger charge is 2.42. The number of nitrogens with one attached hydrogen (secondary N) is 2. The van der Waals surface area contributed by atoms with Gasteiger partial charge in [0.05, 0.1) is 19.2 Å². The van der Waals surface area contributed by atoms with Gasteiger partial charge >= 0.3 is 0 Å². The molecule has 1 aliphatic carbocycles. The quantitative estimate of drug-likeness (QED) is 0.674. The third-order valence-electron chi connectivity index (χ3n) is 3.02. The van der Waals surface area contributed by atoms with E-state index in [0.717, 1.165) is 6.61 Å². The van der Waals surface area contributed by atoms with Crippen LogP contribution in [0.1, 0.15) is 19.3 Å². The molecule has 1 saturated heterocycles. The van der Waals surface area contributed by atoms with E-state index >= 15 is 0 Å². The fourth-order valence-electron chi connectivity index (χ4n) is 1.81. The summed E-state index contributed by atoms with van der Waals surface area (Å²) >= 11 is 0. The van der Waals surface area contributed by atoms with E-state index in [-0.39, 0.29) is 5.91 Å². The molecule has 1 amide bonds. The summed E-state index contributed by atoms with van der Waals surface area (Å²) in [5, 5.41) is 5.11. The number of carbonyl (C=O) groups is 1. The van der Waals surface area contributed by atoms with E-state index in [9.17, 15) is 13.6 Å². The summed E-state index contributed by atoms with van der Waals surface area (Å²) in [6, 6.07) is -0.770. The Hall–Kier alpha value is -0.750. The van der Waals surface area contributed by atoms with Crippen molar-refractivity contribution < 1.29 is 18.3 Å². The smallest absolute Gasteiger partial charge is 0.262 e. The average molecular weight is 248 g/mol. The Labute approximate surface area is 99.1 Å². The Kier molecular flexibility index (Phi) is 3.93. The number of rotatable bonds is 6. The highest BCUT2D eigenvalue weighted by atomic mass is 19.3. The second-order valence-electron chi connectivity index (χ2n) is 4.80. The van der Waals surface area contributed by atoms with Gasteiger partial charge in [0.15, 0.2) is 0 Å². The van der Waals surface area contributed by atoms with Gasteiger partial charge in [-0.25, -0.2) is 8.78 Å². The van der Waals surface area contributed by atoms with Gasteiger partial charge in [0.1, 0.15) is 0 Å². The number of halogens is 2. The number of carbonyl (C=O) groups excluding carboxylic acids is 1. The van der Waals surface area contributed by atoms with E-state index in [1.807, 2.05) is 0 Å². The van der Waals surface area contributed by atoms with E-state index in [1.54, 1.807) is 0 Å². The SMILES string of the molecule is O=C(NCCOCC1CC1)C1CC(F)(F)CN1. The maximum absolute atomic E-state index is 12.8. The van der Waals surface area contributed by atoms with Crippen LogP contribution in [-0.4, -0.2) is 44.2 Å². The van der Waals surface area contributed by atoms with Gasteiger partial charge in [-0.3, -0.25) is 10.1 Å². The third kappa shape index (κ3) is 4.20. The lowest BCUT2D eigenvalue weighted by atomic mass is 10.2. The Morgan fingerprint density at radius 1 is 1.47 bits per heavy atom. The minimum Gasteiger partial charge on any atom is -0.379 e. The van der Waals surface area contributed by atoms with E-state index in [0.29, 0.717) is 19.1 Å². The van der Waals surface area contributed by atoms with Crippen molar-refractivity contribution in [1.29, 1.82) is 0 Å². The number of ether oxygens (including phenoxy) is 1. The molecular formula is C11H18F2N2O2. The van der Waals surface area contributed by atoms with Gasteiger partial charge < -0.3 is 10.1 Å². The molecule has 98 valence electrons. The van der Waals surface area contributed by atoms with E-state index in [2.05, 4.69) is 10.6 Å². The molecule has 0 aromatic rings. The topological polar surface area (TPSA) is 50.4 Å². The van der Waals surface area contributed by atoms with Gasteiger partial charge in [0.25, 0.3) is 5.92 Å². The van der Waals surface area contributed by atoms with Crippen LogP contribution in [0.15, 0.2) is 0 Å². The maximum atomic E-state index is 12.8. The van der Waals surface area contributed by atoms with Gasteiger partial charge in [0, 0.05) is 19.6 Å². The molecule has 1 aliphatic heterocycles. The van der Waals surface area contributed by atoms with Crippen molar-refractivity contribution in [2.24, 2.45) is 5.92 Å². The van der Waals surface area contributed by atoms with Crippen LogP contribution in [0.25, 0.3) is 0 Å². The van der Waals surface area contributed by atoms with Crippen LogP contribution >= 0.6 is 0 Å². The van der Waals surface area contributed by atoms with E-state index in [4.69, 9.17) is 4.74 Å². The fourth-order valence-corrected chi connectivity index (χ4v) is 1.81. The summed E-state index contributed by atoms with van der Waals surface area (Å²) in [5.41, 5.74) is 0. The Morgan fingerprint density at radius 3 is 2.82 bits per heavy atom. The molecule has 2 N–H and O–H groups in total. The molecule has 2 aliphatic rings. The van der Waals surface area contributed by atoms with Crippen molar-refractivity contribution in [3.63, 3.8) is 0 Å². The van der Waals surface area contributed by atoms with Crippen molar-refractivity contribution in [2.45, 2.75) is 31.2 Å². The summed E-state index contributed by atoms with van der Waals surface area (Å²) in [7, 11) is 0. The normalized spacial score (nSPS) is 27.1. The van der Waals surface area contributed by atoms with E-state index < -0.39 is 24.9 Å². The van der Waals surface area contributed by atoms with Crippen molar-refractivity contribution in [2.75, 3.05) is 26.3 Å². The Balaban J connectivity index is 1.54. The lowest BCUT2D eigenvalue weighted by molar-refractivity contribution is -0.123. The van der Waals surface area contributed by atoms with Crippen LogP contribution in [0.4, 0.5) is 8.78 Å². The predicted molar refractivity (Wildman–Crippen MR) is 57.9 cm³/mol. The number of alkyl halides is 2. The number of amides is 1. The fraction of sp³-hybridized carbons (Fsp3) is 0.909. The minimum absolute atomic E-state index is 0.364. The predicted octanol–water partition coefficient (Wildman–Crippen LogP) is 0.526. The summed E-state index contributed by atoms with van der Waals surface area (Å²) in [6.07, 6.45) is 2.04. The largest absolute Gasteiger partial charge is 0.379 e. The van der Waals surface area contributed by atoms with Gasteiger partial charge in [0.2, 0.25) is 5.91 Å². The van der Waals surface area contributed by atoms with Crippen LogP contribution in [0.5, 0.6) is 0 Å². The molecule has 0 spiro atoms. The van der Waals surface area contributed by atoms with Crippen molar-refractivity contribution in [3.8, 4) is 0 Å². The summed E-state index contributed by atoms with van der Waals surface area (Å²) < 4.78 is 31.0. The zero-order valence-corrected chi connectivity index (χ0v) is 9.68. The molecule has 4 nitrogen and oxygen atoms in total. The first-order valence-corrected chi connectivity index (χ1v) is 6.03. The van der Waals surface area contributed by atoms with Crippen LogP contribution in [0.2, 0.25) is 0 Å². The lowest BCUT2D eigenvalue weighted by Crippen LogP contribution is -2.41. The Bertz CT molecular complexity index is 283. The zero-order chi connectivity index (χ0) is 12.3. The van der Waals surface area contributed by atoms with Crippen molar-refractivity contribution >= 4 is 5.91 Å². The molecule has 17 heavy (non-hydrogen) atoms. The van der Waals surface area contributed by atoms with Gasteiger partial charge in [-0.1, -0.05) is 0 Å². The number of hydrogen-bond donors (Lipinski definition) is 2. The second kappa shape index (κ2) is 5.27. The van der Waals surface area contributed by atoms with Crippen molar-refractivity contribution in [3.05, 3.63) is 0 Å². The molecule has 0 radical (unpaired) electrons. The van der Waals surface area contributed by atoms with Crippen LogP contribution < -0.4 is 10.6 Å². The second-order valence-corrected chi connectivity index (χ2v) is 4.80. The monoisotopic (exact) mass is 248 g/mol. The zero-order valence-electron chi connectivity index (χ0n) is 9.68. The van der Waals surface area contributed by atoms with Crippen molar-refractivity contribution in [1.82, 2.24) is 10.6 Å². The molecule has 0 bridgehead atoms. The summed E-state index contributed by atoms with van der Waals surface area (Å²) in [6.45, 7) is 1.17. The lowest BCUT2D eigenvalue weighted by Gasteiger charge is -2.11. The molecule has 1 unspecified atom stereocenters. The van der Waals surface area contributed by atoms with Crippen LogP contribution in [0.3, 0.4) is 0 Å². The minimum atomic E-state index is -2.76.